The molecule has 0 aliphatic rings. The van der Waals surface area contributed by atoms with Gasteiger partial charge >= 0.3 is 0 Å². The second kappa shape index (κ2) is 10.3. The van der Waals surface area contributed by atoms with Crippen molar-refractivity contribution in [2.24, 2.45) is 0 Å². The van der Waals surface area contributed by atoms with Crippen molar-refractivity contribution in [3.8, 4) is 5.75 Å². The second-order valence-corrected chi connectivity index (χ2v) is 8.02. The molecule has 5 nitrogen and oxygen atoms in total. The zero-order valence-electron chi connectivity index (χ0n) is 18.3. The molecule has 2 aromatic carbocycles. The highest BCUT2D eigenvalue weighted by molar-refractivity contribution is 5.46. The molecule has 0 saturated carbocycles. The lowest BCUT2D eigenvalue weighted by Crippen LogP contribution is -2.35. The van der Waals surface area contributed by atoms with Gasteiger partial charge in [-0.2, -0.15) is 0 Å². The summed E-state index contributed by atoms with van der Waals surface area (Å²) in [4.78, 5) is 4.26. The van der Waals surface area contributed by atoms with E-state index >= 15 is 0 Å². The van der Waals surface area contributed by atoms with Gasteiger partial charge in [-0.25, -0.2) is 0 Å². The van der Waals surface area contributed by atoms with Crippen LogP contribution in [0.2, 0.25) is 0 Å². The number of benzene rings is 2. The molecule has 0 aliphatic heterocycles. The number of anilines is 1. The highest BCUT2D eigenvalue weighted by Crippen LogP contribution is 2.18. The van der Waals surface area contributed by atoms with Crippen LogP contribution in [-0.2, 0) is 13.1 Å². The molecule has 3 rings (SSSR count). The molecule has 3 aromatic rings. The summed E-state index contributed by atoms with van der Waals surface area (Å²) in [5.74, 6) is 1.66. The van der Waals surface area contributed by atoms with Crippen LogP contribution in [0.4, 0.5) is 5.69 Å². The van der Waals surface area contributed by atoms with Crippen LogP contribution >= 0.6 is 0 Å². The third-order valence-corrected chi connectivity index (χ3v) is 5.21. The van der Waals surface area contributed by atoms with Gasteiger partial charge in [0, 0.05) is 32.9 Å². The van der Waals surface area contributed by atoms with Crippen molar-refractivity contribution in [3.63, 3.8) is 0 Å². The Morgan fingerprint density at radius 1 is 0.967 bits per heavy atom. The summed E-state index contributed by atoms with van der Waals surface area (Å²) >= 11 is 0. The van der Waals surface area contributed by atoms with Crippen LogP contribution in [0.25, 0.3) is 0 Å². The van der Waals surface area contributed by atoms with Crippen LogP contribution in [0.15, 0.2) is 65.3 Å². The zero-order chi connectivity index (χ0) is 21.5. The van der Waals surface area contributed by atoms with Gasteiger partial charge in [-0.05, 0) is 66.9 Å². The predicted molar refractivity (Wildman–Crippen MR) is 121 cm³/mol. The van der Waals surface area contributed by atoms with Crippen molar-refractivity contribution in [2.75, 3.05) is 32.1 Å². The number of rotatable bonds is 10. The number of aliphatic hydroxyl groups is 1. The number of ether oxygens (including phenoxy) is 1. The molecule has 1 heterocycles. The molecule has 0 spiro atoms. The SMILES string of the molecule is Cc1ccc(OCC(O)CN(Cc2ccc(N(C)C)cc2)Cc2ccco2)cc1C. The monoisotopic (exact) mass is 408 g/mol. The number of hydrogen-bond donors (Lipinski definition) is 1. The van der Waals surface area contributed by atoms with Gasteiger partial charge in [0.15, 0.2) is 0 Å². The predicted octanol–water partition coefficient (Wildman–Crippen LogP) is 4.40. The average molecular weight is 409 g/mol. The molecule has 160 valence electrons. The Morgan fingerprint density at radius 2 is 1.73 bits per heavy atom. The van der Waals surface area contributed by atoms with Crippen molar-refractivity contribution in [1.29, 1.82) is 0 Å². The summed E-state index contributed by atoms with van der Waals surface area (Å²) in [5, 5.41) is 10.6. The lowest BCUT2D eigenvalue weighted by Gasteiger charge is -2.25. The van der Waals surface area contributed by atoms with Gasteiger partial charge in [0.2, 0.25) is 0 Å². The third-order valence-electron chi connectivity index (χ3n) is 5.21. The van der Waals surface area contributed by atoms with Crippen molar-refractivity contribution < 1.29 is 14.3 Å². The smallest absolute Gasteiger partial charge is 0.119 e. The second-order valence-electron chi connectivity index (χ2n) is 8.02. The number of aryl methyl sites for hydroxylation is 2. The van der Waals surface area contributed by atoms with Crippen LogP contribution in [0.1, 0.15) is 22.5 Å². The first-order valence-corrected chi connectivity index (χ1v) is 10.3. The van der Waals surface area contributed by atoms with E-state index in [1.165, 1.54) is 16.7 Å². The van der Waals surface area contributed by atoms with E-state index in [1.54, 1.807) is 6.26 Å². The lowest BCUT2D eigenvalue weighted by atomic mass is 10.1. The van der Waals surface area contributed by atoms with Crippen LogP contribution in [-0.4, -0.2) is 43.4 Å². The quantitative estimate of drug-likeness (QED) is 0.539. The molecular weight excluding hydrogens is 376 g/mol. The minimum atomic E-state index is -0.609. The molecule has 5 heteroatoms. The van der Waals surface area contributed by atoms with Crippen molar-refractivity contribution in [1.82, 2.24) is 4.90 Å². The van der Waals surface area contributed by atoms with Gasteiger partial charge in [-0.1, -0.05) is 18.2 Å². The molecule has 30 heavy (non-hydrogen) atoms. The summed E-state index contributed by atoms with van der Waals surface area (Å²) in [7, 11) is 4.06. The Hall–Kier alpha value is -2.76. The maximum Gasteiger partial charge on any atom is 0.119 e. The normalized spacial score (nSPS) is 12.2. The van der Waals surface area contributed by atoms with Crippen LogP contribution in [0.5, 0.6) is 5.75 Å². The van der Waals surface area contributed by atoms with Crippen molar-refractivity contribution >= 4 is 5.69 Å². The maximum atomic E-state index is 10.6. The zero-order valence-corrected chi connectivity index (χ0v) is 18.3. The first-order chi connectivity index (χ1) is 14.4. The van der Waals surface area contributed by atoms with Gasteiger partial charge in [-0.15, -0.1) is 0 Å². The number of aliphatic hydroxyl groups excluding tert-OH is 1. The fourth-order valence-electron chi connectivity index (χ4n) is 3.31. The van der Waals surface area contributed by atoms with E-state index in [4.69, 9.17) is 9.15 Å². The van der Waals surface area contributed by atoms with E-state index in [2.05, 4.69) is 47.9 Å². The summed E-state index contributed by atoms with van der Waals surface area (Å²) in [6.45, 7) is 6.22. The molecule has 0 aliphatic carbocycles. The average Bonchev–Trinajstić information content (AvgIpc) is 3.22. The minimum absolute atomic E-state index is 0.247. The van der Waals surface area contributed by atoms with E-state index in [0.29, 0.717) is 13.1 Å². The standard InChI is InChI=1S/C25H32N2O3/c1-19-7-12-24(14-20(19)2)30-18-23(28)16-27(17-25-6-5-13-29-25)15-21-8-10-22(11-9-21)26(3)4/h5-14,23,28H,15-18H2,1-4H3. The molecule has 1 aromatic heterocycles. The highest BCUT2D eigenvalue weighted by Gasteiger charge is 2.15. The summed E-state index contributed by atoms with van der Waals surface area (Å²) < 4.78 is 11.4. The number of furan rings is 1. The van der Waals surface area contributed by atoms with E-state index in [0.717, 1.165) is 23.7 Å². The maximum absolute atomic E-state index is 10.6. The Labute approximate surface area is 179 Å². The van der Waals surface area contributed by atoms with Gasteiger partial charge in [0.1, 0.15) is 24.2 Å². The topological polar surface area (TPSA) is 49.1 Å². The summed E-state index contributed by atoms with van der Waals surface area (Å²) in [5.41, 5.74) is 4.77. The molecule has 0 fully saturated rings. The lowest BCUT2D eigenvalue weighted by molar-refractivity contribution is 0.0604. The molecule has 0 amide bonds. The Balaban J connectivity index is 1.61. The molecule has 1 atom stereocenters. The van der Waals surface area contributed by atoms with E-state index < -0.39 is 6.10 Å². The third kappa shape index (κ3) is 6.37. The number of nitrogens with zero attached hydrogens (tertiary/aromatic N) is 2. The Morgan fingerprint density at radius 3 is 2.37 bits per heavy atom. The Kier molecular flexibility index (Phi) is 7.55. The molecule has 0 bridgehead atoms. The van der Waals surface area contributed by atoms with Crippen LogP contribution < -0.4 is 9.64 Å². The minimum Gasteiger partial charge on any atom is -0.491 e. The number of hydrogen-bond acceptors (Lipinski definition) is 5. The van der Waals surface area contributed by atoms with Crippen LogP contribution in [0, 0.1) is 13.8 Å². The van der Waals surface area contributed by atoms with E-state index in [-0.39, 0.29) is 6.61 Å². The Bertz CT molecular complexity index is 905. The van der Waals surface area contributed by atoms with Gasteiger partial charge in [-0.3, -0.25) is 4.90 Å². The van der Waals surface area contributed by atoms with Gasteiger partial charge in [0.05, 0.1) is 12.8 Å². The highest BCUT2D eigenvalue weighted by atomic mass is 16.5. The van der Waals surface area contributed by atoms with E-state index in [9.17, 15) is 5.11 Å². The van der Waals surface area contributed by atoms with Crippen molar-refractivity contribution in [3.05, 3.63) is 83.3 Å². The van der Waals surface area contributed by atoms with Crippen LogP contribution in [0.3, 0.4) is 0 Å². The van der Waals surface area contributed by atoms with Crippen molar-refractivity contribution in [2.45, 2.75) is 33.0 Å². The van der Waals surface area contributed by atoms with Gasteiger partial charge in [0.25, 0.3) is 0 Å². The first kappa shape index (κ1) is 21.9. The largest absolute Gasteiger partial charge is 0.491 e. The van der Waals surface area contributed by atoms with Gasteiger partial charge < -0.3 is 19.2 Å². The fourth-order valence-corrected chi connectivity index (χ4v) is 3.31. The molecule has 0 saturated heterocycles. The fraction of sp³-hybridized carbons (Fsp3) is 0.360. The molecule has 1 unspecified atom stereocenters. The first-order valence-electron chi connectivity index (χ1n) is 10.3. The van der Waals surface area contributed by atoms with E-state index in [1.807, 2.05) is 44.4 Å². The molecule has 0 radical (unpaired) electrons. The molecule has 1 N–H and O–H groups in total. The molecular formula is C25H32N2O3. The summed E-state index contributed by atoms with van der Waals surface area (Å²) in [6, 6.07) is 18.3. The summed E-state index contributed by atoms with van der Waals surface area (Å²) in [6.07, 6.45) is 1.07.